The third kappa shape index (κ3) is 6.20. The molecule has 2 atom stereocenters. The summed E-state index contributed by atoms with van der Waals surface area (Å²) in [4.78, 5) is 12.7. The standard InChI is InChI=1S/C33H43NO2/c1-3-5-6-22-36-31-16-13-27(14-17-31)25-8-10-26(11-9-25)28-18-20-33(24-34,21-19-28)30-15-12-29(7-4-2)32(35)23-30/h8-11,13-14,16-17,28-30H,3-7,12,15,18-23H2,1-2H3/t28?,29-,30-,33?/m1/s1. The molecule has 0 aliphatic heterocycles. The van der Waals surface area contributed by atoms with Crippen molar-refractivity contribution in [2.24, 2.45) is 17.3 Å². The highest BCUT2D eigenvalue weighted by atomic mass is 16.5. The highest BCUT2D eigenvalue weighted by molar-refractivity contribution is 5.82. The van der Waals surface area contributed by atoms with Crippen molar-refractivity contribution >= 4 is 5.78 Å². The van der Waals surface area contributed by atoms with Gasteiger partial charge in [0, 0.05) is 12.3 Å². The van der Waals surface area contributed by atoms with Crippen LogP contribution in [0.15, 0.2) is 48.5 Å². The van der Waals surface area contributed by atoms with Crippen molar-refractivity contribution in [1.29, 1.82) is 5.26 Å². The predicted octanol–water partition coefficient (Wildman–Crippen LogP) is 8.88. The van der Waals surface area contributed by atoms with Crippen molar-refractivity contribution in [3.05, 3.63) is 54.1 Å². The molecule has 2 aliphatic rings. The molecule has 192 valence electrons. The van der Waals surface area contributed by atoms with Crippen LogP contribution < -0.4 is 4.74 Å². The molecular formula is C33H43NO2. The minimum absolute atomic E-state index is 0.242. The molecule has 2 fully saturated rings. The number of benzene rings is 2. The number of nitrogens with zero attached hydrogens (tertiary/aromatic N) is 1. The summed E-state index contributed by atoms with van der Waals surface area (Å²) >= 11 is 0. The predicted molar refractivity (Wildman–Crippen MR) is 147 cm³/mol. The molecule has 3 heteroatoms. The SMILES string of the molecule is CCCCCOc1ccc(-c2ccc(C3CCC(C#N)([C@@H]4CC[C@@H](CCC)C(=O)C4)CC3)cc2)cc1. The number of hydrogen-bond acceptors (Lipinski definition) is 3. The van der Waals surface area contributed by atoms with Gasteiger partial charge in [-0.15, -0.1) is 0 Å². The van der Waals surface area contributed by atoms with Crippen LogP contribution in [0.3, 0.4) is 0 Å². The molecule has 4 rings (SSSR count). The maximum Gasteiger partial charge on any atom is 0.136 e. The first-order chi connectivity index (χ1) is 17.6. The molecule has 0 spiro atoms. The van der Waals surface area contributed by atoms with Crippen molar-refractivity contribution < 1.29 is 9.53 Å². The normalized spacial score (nSPS) is 26.4. The fourth-order valence-electron chi connectivity index (χ4n) is 6.51. The number of unbranched alkanes of at least 4 members (excludes halogenated alkanes) is 2. The Morgan fingerprint density at radius 3 is 2.14 bits per heavy atom. The Kier molecular flexibility index (Phi) is 9.24. The van der Waals surface area contributed by atoms with Gasteiger partial charge in [-0.2, -0.15) is 5.26 Å². The van der Waals surface area contributed by atoms with Crippen molar-refractivity contribution in [3.8, 4) is 22.9 Å². The van der Waals surface area contributed by atoms with Crippen LogP contribution in [-0.4, -0.2) is 12.4 Å². The second-order valence-electron chi connectivity index (χ2n) is 11.2. The smallest absolute Gasteiger partial charge is 0.136 e. The molecule has 0 radical (unpaired) electrons. The van der Waals surface area contributed by atoms with Crippen molar-refractivity contribution in [2.45, 2.75) is 96.8 Å². The Morgan fingerprint density at radius 1 is 0.889 bits per heavy atom. The first-order valence-electron chi connectivity index (χ1n) is 14.4. The van der Waals surface area contributed by atoms with E-state index in [9.17, 15) is 10.1 Å². The Bertz CT molecular complexity index is 1010. The van der Waals surface area contributed by atoms with Gasteiger partial charge in [0.1, 0.15) is 11.5 Å². The molecule has 2 saturated carbocycles. The van der Waals surface area contributed by atoms with Gasteiger partial charge < -0.3 is 4.74 Å². The third-order valence-electron chi connectivity index (χ3n) is 8.87. The van der Waals surface area contributed by atoms with E-state index in [2.05, 4.69) is 68.4 Å². The molecule has 0 unspecified atom stereocenters. The number of carbonyl (C=O) groups excluding carboxylic acids is 1. The summed E-state index contributed by atoms with van der Waals surface area (Å²) in [5.74, 6) is 2.36. The number of ketones is 1. The number of nitriles is 1. The van der Waals surface area contributed by atoms with Gasteiger partial charge in [-0.1, -0.05) is 69.5 Å². The van der Waals surface area contributed by atoms with Crippen molar-refractivity contribution in [2.75, 3.05) is 6.61 Å². The zero-order valence-electron chi connectivity index (χ0n) is 22.3. The number of ether oxygens (including phenoxy) is 1. The molecule has 0 N–H and O–H groups in total. The zero-order chi connectivity index (χ0) is 25.4. The minimum atomic E-state index is -0.302. The lowest BCUT2D eigenvalue weighted by atomic mass is 9.59. The quantitative estimate of drug-likeness (QED) is 0.316. The summed E-state index contributed by atoms with van der Waals surface area (Å²) in [6.07, 6.45) is 12.2. The van der Waals surface area contributed by atoms with Crippen LogP contribution >= 0.6 is 0 Å². The highest BCUT2D eigenvalue weighted by Crippen LogP contribution is 2.51. The molecule has 0 bridgehead atoms. The Hall–Kier alpha value is -2.60. The molecule has 0 aromatic heterocycles. The van der Waals surface area contributed by atoms with Crippen LogP contribution in [-0.2, 0) is 4.79 Å². The average molecular weight is 486 g/mol. The summed E-state index contributed by atoms with van der Waals surface area (Å²) < 4.78 is 5.85. The van der Waals surface area contributed by atoms with E-state index >= 15 is 0 Å². The Morgan fingerprint density at radius 2 is 1.56 bits per heavy atom. The van der Waals surface area contributed by atoms with Crippen molar-refractivity contribution in [1.82, 2.24) is 0 Å². The largest absolute Gasteiger partial charge is 0.494 e. The minimum Gasteiger partial charge on any atom is -0.494 e. The molecule has 2 aromatic rings. The van der Waals surface area contributed by atoms with Crippen LogP contribution in [0.4, 0.5) is 0 Å². The maximum absolute atomic E-state index is 12.7. The molecule has 0 amide bonds. The molecule has 2 aromatic carbocycles. The Balaban J connectivity index is 1.32. The van der Waals surface area contributed by atoms with E-state index in [1.165, 1.54) is 29.5 Å². The fraction of sp³-hybridized carbons (Fsp3) is 0.576. The summed E-state index contributed by atoms with van der Waals surface area (Å²) in [6.45, 7) is 5.15. The number of hydrogen-bond donors (Lipinski definition) is 0. The lowest BCUT2D eigenvalue weighted by Gasteiger charge is -2.43. The summed E-state index contributed by atoms with van der Waals surface area (Å²) in [5, 5.41) is 10.2. The Labute approximate surface area is 218 Å². The second-order valence-corrected chi connectivity index (χ2v) is 11.2. The van der Waals surface area contributed by atoms with E-state index < -0.39 is 0 Å². The van der Waals surface area contributed by atoms with Gasteiger partial charge in [-0.25, -0.2) is 0 Å². The summed E-state index contributed by atoms with van der Waals surface area (Å²) in [7, 11) is 0. The molecule has 3 nitrogen and oxygen atoms in total. The summed E-state index contributed by atoms with van der Waals surface area (Å²) in [6, 6.07) is 20.1. The van der Waals surface area contributed by atoms with Gasteiger partial charge in [-0.05, 0) is 92.0 Å². The first kappa shape index (κ1) is 26.5. The highest BCUT2D eigenvalue weighted by Gasteiger charge is 2.45. The van der Waals surface area contributed by atoms with Gasteiger partial charge in [0.15, 0.2) is 0 Å². The van der Waals surface area contributed by atoms with E-state index in [0.29, 0.717) is 18.1 Å². The molecule has 0 saturated heterocycles. The molecule has 0 heterocycles. The monoisotopic (exact) mass is 485 g/mol. The third-order valence-corrected chi connectivity index (χ3v) is 8.87. The average Bonchev–Trinajstić information content (AvgIpc) is 2.93. The number of Topliss-reactive ketones (excluding diaryl/α,β-unsaturated/α-hetero) is 1. The van der Waals surface area contributed by atoms with Gasteiger partial charge in [-0.3, -0.25) is 4.79 Å². The van der Waals surface area contributed by atoms with Crippen LogP contribution in [0.1, 0.15) is 102 Å². The lowest BCUT2D eigenvalue weighted by Crippen LogP contribution is -2.38. The van der Waals surface area contributed by atoms with E-state index in [1.54, 1.807) is 0 Å². The first-order valence-corrected chi connectivity index (χ1v) is 14.4. The van der Waals surface area contributed by atoms with E-state index in [4.69, 9.17) is 4.74 Å². The van der Waals surface area contributed by atoms with Gasteiger partial charge in [0.05, 0.1) is 18.1 Å². The van der Waals surface area contributed by atoms with E-state index in [0.717, 1.165) is 70.1 Å². The van der Waals surface area contributed by atoms with Crippen LogP contribution in [0.2, 0.25) is 0 Å². The van der Waals surface area contributed by atoms with Gasteiger partial charge in [0.25, 0.3) is 0 Å². The number of carbonyl (C=O) groups is 1. The molecule has 36 heavy (non-hydrogen) atoms. The van der Waals surface area contributed by atoms with Crippen molar-refractivity contribution in [3.63, 3.8) is 0 Å². The van der Waals surface area contributed by atoms with Gasteiger partial charge in [0.2, 0.25) is 0 Å². The topological polar surface area (TPSA) is 50.1 Å². The number of rotatable bonds is 10. The van der Waals surface area contributed by atoms with E-state index in [-0.39, 0.29) is 17.3 Å². The molecular weight excluding hydrogens is 442 g/mol. The second kappa shape index (κ2) is 12.6. The summed E-state index contributed by atoms with van der Waals surface area (Å²) in [5.41, 5.74) is 3.51. The van der Waals surface area contributed by atoms with Crippen LogP contribution in [0, 0.1) is 28.6 Å². The molecule has 2 aliphatic carbocycles. The zero-order valence-corrected chi connectivity index (χ0v) is 22.3. The van der Waals surface area contributed by atoms with Gasteiger partial charge >= 0.3 is 0 Å². The van der Waals surface area contributed by atoms with Crippen LogP contribution in [0.5, 0.6) is 5.75 Å². The van der Waals surface area contributed by atoms with E-state index in [1.807, 2.05) is 0 Å². The maximum atomic E-state index is 12.7. The fourth-order valence-corrected chi connectivity index (χ4v) is 6.51. The van der Waals surface area contributed by atoms with Crippen LogP contribution in [0.25, 0.3) is 11.1 Å². The lowest BCUT2D eigenvalue weighted by molar-refractivity contribution is -0.128.